The van der Waals surface area contributed by atoms with Crippen LogP contribution in [0.3, 0.4) is 0 Å². The van der Waals surface area contributed by atoms with Crippen molar-refractivity contribution in [3.8, 4) is 5.75 Å². The first kappa shape index (κ1) is 19.5. The lowest BCUT2D eigenvalue weighted by Gasteiger charge is -2.19. The fraction of sp³-hybridized carbons (Fsp3) is 0.250. The van der Waals surface area contributed by atoms with Gasteiger partial charge in [0.15, 0.2) is 0 Å². The minimum absolute atomic E-state index is 0.0727. The minimum atomic E-state index is -3.57. The van der Waals surface area contributed by atoms with Gasteiger partial charge >= 0.3 is 0 Å². The molecule has 8 heteroatoms. The number of hydrogen-bond acceptors (Lipinski definition) is 4. The Morgan fingerprint density at radius 1 is 1.08 bits per heavy atom. The first-order chi connectivity index (χ1) is 11.2. The molecule has 0 bridgehead atoms. The van der Waals surface area contributed by atoms with Crippen LogP contribution >= 0.6 is 39.1 Å². The Morgan fingerprint density at radius 2 is 1.75 bits per heavy atom. The van der Waals surface area contributed by atoms with E-state index in [1.165, 1.54) is 0 Å². The average Bonchev–Trinajstić information content (AvgIpc) is 2.49. The largest absolute Gasteiger partial charge is 0.493 e. The summed E-state index contributed by atoms with van der Waals surface area (Å²) in [6, 6.07) is 12.4. The van der Waals surface area contributed by atoms with E-state index < -0.39 is 10.1 Å². The minimum Gasteiger partial charge on any atom is -0.493 e. The van der Waals surface area contributed by atoms with Crippen molar-refractivity contribution in [2.24, 2.45) is 0 Å². The Balaban J connectivity index is 2.17. The highest BCUT2D eigenvalue weighted by molar-refractivity contribution is 9.10. The second-order valence-electron chi connectivity index (χ2n) is 5.12. The Morgan fingerprint density at radius 3 is 2.33 bits per heavy atom. The molecule has 24 heavy (non-hydrogen) atoms. The first-order valence-corrected chi connectivity index (χ1v) is 10.3. The molecule has 0 radical (unpaired) electrons. The van der Waals surface area contributed by atoms with Crippen LogP contribution in [0.1, 0.15) is 11.5 Å². The summed E-state index contributed by atoms with van der Waals surface area (Å²) in [4.78, 5) is 0. The highest BCUT2D eigenvalue weighted by atomic mass is 79.9. The normalized spacial score (nSPS) is 12.8. The van der Waals surface area contributed by atoms with Gasteiger partial charge in [0.05, 0.1) is 19.5 Å². The van der Waals surface area contributed by atoms with Crippen molar-refractivity contribution in [2.75, 3.05) is 19.5 Å². The molecule has 0 heterocycles. The SMILES string of the molecule is CS(=O)(=O)OC[C@H](COc1ccc(Br)cc1)c1ccc(Cl)cc1Cl. The lowest BCUT2D eigenvalue weighted by Crippen LogP contribution is -2.19. The Kier molecular flexibility index (Phi) is 6.95. The summed E-state index contributed by atoms with van der Waals surface area (Å²) in [6.45, 7) is 0.134. The number of halogens is 3. The molecule has 0 aliphatic heterocycles. The van der Waals surface area contributed by atoms with Crippen molar-refractivity contribution in [1.29, 1.82) is 0 Å². The monoisotopic (exact) mass is 452 g/mol. The van der Waals surface area contributed by atoms with Gasteiger partial charge in [-0.05, 0) is 42.0 Å². The van der Waals surface area contributed by atoms with Gasteiger partial charge in [-0.2, -0.15) is 8.42 Å². The van der Waals surface area contributed by atoms with Crippen LogP contribution in [0.15, 0.2) is 46.9 Å². The molecule has 130 valence electrons. The van der Waals surface area contributed by atoms with Gasteiger partial charge in [-0.1, -0.05) is 45.2 Å². The molecule has 0 unspecified atom stereocenters. The molecule has 2 aromatic rings. The molecule has 1 atom stereocenters. The third kappa shape index (κ3) is 6.26. The molecule has 0 spiro atoms. The summed E-state index contributed by atoms with van der Waals surface area (Å²) in [6.07, 6.45) is 1.00. The molecular weight excluding hydrogens is 439 g/mol. The van der Waals surface area contributed by atoms with Crippen molar-refractivity contribution >= 4 is 49.2 Å². The lowest BCUT2D eigenvalue weighted by atomic mass is 10.0. The number of hydrogen-bond donors (Lipinski definition) is 0. The van der Waals surface area contributed by atoms with Crippen LogP contribution in [0, 0.1) is 0 Å². The zero-order valence-corrected chi connectivity index (χ0v) is 16.6. The van der Waals surface area contributed by atoms with Crippen molar-refractivity contribution < 1.29 is 17.3 Å². The molecule has 0 amide bonds. The maximum atomic E-state index is 11.3. The molecule has 0 aromatic heterocycles. The van der Waals surface area contributed by atoms with Gasteiger partial charge in [0.25, 0.3) is 10.1 Å². The molecule has 0 saturated heterocycles. The van der Waals surface area contributed by atoms with Crippen LogP contribution in [0.25, 0.3) is 0 Å². The molecule has 0 aliphatic carbocycles. The van der Waals surface area contributed by atoms with Gasteiger partial charge in [0.2, 0.25) is 0 Å². The maximum Gasteiger partial charge on any atom is 0.264 e. The van der Waals surface area contributed by atoms with E-state index >= 15 is 0 Å². The Hall–Kier alpha value is -0.790. The predicted molar refractivity (Wildman–Crippen MR) is 99.6 cm³/mol. The van der Waals surface area contributed by atoms with Crippen molar-refractivity contribution in [3.63, 3.8) is 0 Å². The number of ether oxygens (including phenoxy) is 1. The summed E-state index contributed by atoms with van der Waals surface area (Å²) in [5.41, 5.74) is 0.710. The summed E-state index contributed by atoms with van der Waals surface area (Å²) in [5, 5.41) is 0.935. The molecule has 2 rings (SSSR count). The van der Waals surface area contributed by atoms with Crippen molar-refractivity contribution in [2.45, 2.75) is 5.92 Å². The van der Waals surface area contributed by atoms with Crippen LogP contribution in [-0.4, -0.2) is 27.9 Å². The smallest absolute Gasteiger partial charge is 0.264 e. The fourth-order valence-electron chi connectivity index (χ4n) is 1.99. The topological polar surface area (TPSA) is 52.6 Å². The van der Waals surface area contributed by atoms with E-state index in [2.05, 4.69) is 15.9 Å². The first-order valence-electron chi connectivity index (χ1n) is 6.92. The van der Waals surface area contributed by atoms with E-state index in [0.717, 1.165) is 10.7 Å². The van der Waals surface area contributed by atoms with Gasteiger partial charge in [-0.3, -0.25) is 4.18 Å². The standard InChI is InChI=1S/C16H15BrCl2O4S/c1-24(20,21)23-10-11(15-7-4-13(18)8-16(15)19)9-22-14-5-2-12(17)3-6-14/h2-8,11H,9-10H2,1H3/t11-/m0/s1. The van der Waals surface area contributed by atoms with E-state index in [1.807, 2.05) is 24.3 Å². The zero-order valence-electron chi connectivity index (χ0n) is 12.7. The molecule has 2 aromatic carbocycles. The number of benzene rings is 2. The molecule has 0 fully saturated rings. The maximum absolute atomic E-state index is 11.3. The molecule has 4 nitrogen and oxygen atoms in total. The van der Waals surface area contributed by atoms with E-state index in [-0.39, 0.29) is 19.1 Å². The zero-order chi connectivity index (χ0) is 17.7. The third-order valence-corrected chi connectivity index (χ3v) is 4.81. The highest BCUT2D eigenvalue weighted by Crippen LogP contribution is 2.29. The van der Waals surface area contributed by atoms with Gasteiger partial charge < -0.3 is 4.74 Å². The van der Waals surface area contributed by atoms with Gasteiger partial charge in [-0.25, -0.2) is 0 Å². The summed E-state index contributed by atoms with van der Waals surface area (Å²) in [5.74, 6) is 0.292. The predicted octanol–water partition coefficient (Wildman–Crippen LogP) is 4.89. The van der Waals surface area contributed by atoms with Gasteiger partial charge in [0.1, 0.15) is 5.75 Å². The summed E-state index contributed by atoms with van der Waals surface area (Å²) >= 11 is 15.5. The number of rotatable bonds is 7. The lowest BCUT2D eigenvalue weighted by molar-refractivity contribution is 0.223. The van der Waals surface area contributed by atoms with E-state index in [1.54, 1.807) is 18.2 Å². The third-order valence-electron chi connectivity index (χ3n) is 3.15. The van der Waals surface area contributed by atoms with Crippen molar-refractivity contribution in [3.05, 3.63) is 62.5 Å². The van der Waals surface area contributed by atoms with Crippen LogP contribution in [-0.2, 0) is 14.3 Å². The fourth-order valence-corrected chi connectivity index (χ4v) is 3.23. The Labute approximate surface area is 159 Å². The second kappa shape index (κ2) is 8.54. The Bertz CT molecular complexity index is 794. The van der Waals surface area contributed by atoms with E-state index in [4.69, 9.17) is 32.1 Å². The summed E-state index contributed by atoms with van der Waals surface area (Å²) < 4.78 is 34.2. The molecular formula is C16H15BrCl2O4S. The molecule has 0 aliphatic rings. The van der Waals surface area contributed by atoms with E-state index in [9.17, 15) is 8.42 Å². The molecule has 0 saturated carbocycles. The van der Waals surface area contributed by atoms with Crippen LogP contribution in [0.4, 0.5) is 0 Å². The highest BCUT2D eigenvalue weighted by Gasteiger charge is 2.19. The average molecular weight is 454 g/mol. The van der Waals surface area contributed by atoms with E-state index in [0.29, 0.717) is 21.4 Å². The summed E-state index contributed by atoms with van der Waals surface area (Å²) in [7, 11) is -3.57. The van der Waals surface area contributed by atoms with Crippen molar-refractivity contribution in [1.82, 2.24) is 0 Å². The van der Waals surface area contributed by atoms with Gasteiger partial charge in [0, 0.05) is 20.4 Å². The van der Waals surface area contributed by atoms with Crippen LogP contribution in [0.5, 0.6) is 5.75 Å². The van der Waals surface area contributed by atoms with Crippen LogP contribution < -0.4 is 4.74 Å². The van der Waals surface area contributed by atoms with Crippen LogP contribution in [0.2, 0.25) is 10.0 Å². The molecule has 0 N–H and O–H groups in total. The second-order valence-corrected chi connectivity index (χ2v) is 8.52. The quantitative estimate of drug-likeness (QED) is 0.559. The van der Waals surface area contributed by atoms with Gasteiger partial charge in [-0.15, -0.1) is 0 Å².